The van der Waals surface area contributed by atoms with Gasteiger partial charge in [0.1, 0.15) is 5.82 Å². The van der Waals surface area contributed by atoms with Crippen molar-refractivity contribution in [1.82, 2.24) is 0 Å². The summed E-state index contributed by atoms with van der Waals surface area (Å²) in [5.74, 6) is 3.51. The summed E-state index contributed by atoms with van der Waals surface area (Å²) in [6.07, 6.45) is 4.63. The van der Waals surface area contributed by atoms with Gasteiger partial charge < -0.3 is 0 Å². The normalized spacial score (nSPS) is 10.5. The van der Waals surface area contributed by atoms with E-state index in [2.05, 4.69) is 24.8 Å². The second-order valence-electron chi connectivity index (χ2n) is 6.30. The van der Waals surface area contributed by atoms with Crippen molar-refractivity contribution in [3.05, 3.63) is 81.3 Å². The second kappa shape index (κ2) is 8.92. The third-order valence-electron chi connectivity index (χ3n) is 4.23. The molecule has 3 aromatic rings. The Morgan fingerprint density at radius 2 is 1.52 bits per heavy atom. The molecule has 0 N–H and O–H groups in total. The highest BCUT2D eigenvalue weighted by molar-refractivity contribution is 7.12. The standard InChI is InChI=1S/C23H19F3S/c1-2-3-4-5-19-11-12-20(27-19)10-8-16-6-7-17(14-22(16)25)18-9-13-21(24)23(26)15-18/h6-7,9,11-15H,2-5H2,1H3. The van der Waals surface area contributed by atoms with Gasteiger partial charge in [0.15, 0.2) is 11.6 Å². The van der Waals surface area contributed by atoms with Gasteiger partial charge in [0, 0.05) is 4.88 Å². The first kappa shape index (κ1) is 19.3. The molecule has 3 rings (SSSR count). The van der Waals surface area contributed by atoms with Crippen LogP contribution in [-0.2, 0) is 6.42 Å². The molecule has 0 saturated carbocycles. The van der Waals surface area contributed by atoms with Gasteiger partial charge in [-0.2, -0.15) is 0 Å². The Morgan fingerprint density at radius 3 is 2.22 bits per heavy atom. The molecule has 0 bridgehead atoms. The average Bonchev–Trinajstić information content (AvgIpc) is 3.11. The Balaban J connectivity index is 1.75. The van der Waals surface area contributed by atoms with Crippen LogP contribution in [0.2, 0.25) is 0 Å². The van der Waals surface area contributed by atoms with E-state index >= 15 is 0 Å². The van der Waals surface area contributed by atoms with Crippen molar-refractivity contribution in [2.45, 2.75) is 32.6 Å². The quantitative estimate of drug-likeness (QED) is 0.329. The first-order valence-electron chi connectivity index (χ1n) is 8.92. The molecule has 0 fully saturated rings. The Kier molecular flexibility index (Phi) is 6.36. The Hall–Kier alpha value is -2.51. The molecule has 0 nitrogen and oxygen atoms in total. The average molecular weight is 384 g/mol. The van der Waals surface area contributed by atoms with Crippen LogP contribution in [-0.4, -0.2) is 0 Å². The number of thiophene rings is 1. The molecule has 0 radical (unpaired) electrons. The van der Waals surface area contributed by atoms with Gasteiger partial charge in [-0.05, 0) is 60.4 Å². The van der Waals surface area contributed by atoms with Gasteiger partial charge in [-0.1, -0.05) is 43.7 Å². The summed E-state index contributed by atoms with van der Waals surface area (Å²) >= 11 is 1.64. The maximum Gasteiger partial charge on any atom is 0.159 e. The van der Waals surface area contributed by atoms with Crippen LogP contribution in [0.3, 0.4) is 0 Å². The van der Waals surface area contributed by atoms with Crippen molar-refractivity contribution in [3.8, 4) is 23.0 Å². The lowest BCUT2D eigenvalue weighted by Crippen LogP contribution is -1.88. The van der Waals surface area contributed by atoms with Gasteiger partial charge in [0.25, 0.3) is 0 Å². The van der Waals surface area contributed by atoms with E-state index < -0.39 is 17.5 Å². The Morgan fingerprint density at radius 1 is 0.778 bits per heavy atom. The molecule has 1 aromatic heterocycles. The number of hydrogen-bond acceptors (Lipinski definition) is 1. The number of halogens is 3. The van der Waals surface area contributed by atoms with Crippen molar-refractivity contribution >= 4 is 11.3 Å². The maximum absolute atomic E-state index is 14.4. The maximum atomic E-state index is 14.4. The molecule has 138 valence electrons. The van der Waals surface area contributed by atoms with E-state index in [1.54, 1.807) is 23.5 Å². The van der Waals surface area contributed by atoms with E-state index in [9.17, 15) is 13.2 Å². The number of rotatable bonds is 5. The topological polar surface area (TPSA) is 0 Å². The van der Waals surface area contributed by atoms with Gasteiger partial charge in [-0.15, -0.1) is 11.3 Å². The smallest absolute Gasteiger partial charge is 0.159 e. The van der Waals surface area contributed by atoms with E-state index in [0.29, 0.717) is 11.1 Å². The molecule has 0 amide bonds. The molecule has 1 heterocycles. The molecule has 27 heavy (non-hydrogen) atoms. The second-order valence-corrected chi connectivity index (χ2v) is 7.46. The van der Waals surface area contributed by atoms with Crippen LogP contribution < -0.4 is 0 Å². The Labute approximate surface area is 161 Å². The molecule has 0 saturated heterocycles. The number of unbranched alkanes of at least 4 members (excludes halogenated alkanes) is 2. The van der Waals surface area contributed by atoms with Crippen LogP contribution in [0.15, 0.2) is 48.5 Å². The minimum atomic E-state index is -0.954. The zero-order valence-corrected chi connectivity index (χ0v) is 15.8. The van der Waals surface area contributed by atoms with E-state index in [1.807, 2.05) is 6.07 Å². The van der Waals surface area contributed by atoms with Crippen LogP contribution in [0.5, 0.6) is 0 Å². The zero-order valence-electron chi connectivity index (χ0n) is 15.0. The van der Waals surface area contributed by atoms with Crippen molar-refractivity contribution in [2.24, 2.45) is 0 Å². The molecule has 0 aliphatic carbocycles. The fraction of sp³-hybridized carbons (Fsp3) is 0.217. The van der Waals surface area contributed by atoms with Crippen molar-refractivity contribution in [1.29, 1.82) is 0 Å². The first-order valence-corrected chi connectivity index (χ1v) is 9.74. The summed E-state index contributed by atoms with van der Waals surface area (Å²) in [5, 5.41) is 0. The molecule has 0 atom stereocenters. The van der Waals surface area contributed by atoms with Crippen LogP contribution in [0.4, 0.5) is 13.2 Å². The highest BCUT2D eigenvalue weighted by atomic mass is 32.1. The van der Waals surface area contributed by atoms with E-state index in [4.69, 9.17) is 0 Å². The minimum Gasteiger partial charge on any atom is -0.206 e. The number of hydrogen-bond donors (Lipinski definition) is 0. The monoisotopic (exact) mass is 384 g/mol. The highest BCUT2D eigenvalue weighted by Gasteiger charge is 2.07. The van der Waals surface area contributed by atoms with Crippen LogP contribution in [0.25, 0.3) is 11.1 Å². The van der Waals surface area contributed by atoms with Crippen LogP contribution in [0, 0.1) is 29.3 Å². The summed E-state index contributed by atoms with van der Waals surface area (Å²) in [7, 11) is 0. The predicted octanol–water partition coefficient (Wildman–Crippen LogP) is 6.96. The molecule has 0 unspecified atom stereocenters. The SMILES string of the molecule is CCCCCc1ccc(C#Cc2ccc(-c3ccc(F)c(F)c3)cc2F)s1. The minimum absolute atomic E-state index is 0.280. The zero-order chi connectivity index (χ0) is 19.2. The lowest BCUT2D eigenvalue weighted by atomic mass is 10.0. The highest BCUT2D eigenvalue weighted by Crippen LogP contribution is 2.24. The number of aryl methyl sites for hydroxylation is 1. The van der Waals surface area contributed by atoms with Crippen molar-refractivity contribution in [3.63, 3.8) is 0 Å². The number of benzene rings is 2. The summed E-state index contributed by atoms with van der Waals surface area (Å²) in [5.41, 5.74) is 1.18. The lowest BCUT2D eigenvalue weighted by molar-refractivity contribution is 0.509. The summed E-state index contributed by atoms with van der Waals surface area (Å²) in [4.78, 5) is 2.20. The molecule has 2 aromatic carbocycles. The Bertz CT molecular complexity index is 992. The summed E-state index contributed by atoms with van der Waals surface area (Å²) < 4.78 is 40.8. The first-order chi connectivity index (χ1) is 13.1. The van der Waals surface area contributed by atoms with Gasteiger partial charge in [0.2, 0.25) is 0 Å². The fourth-order valence-electron chi connectivity index (χ4n) is 2.73. The van der Waals surface area contributed by atoms with Crippen LogP contribution >= 0.6 is 11.3 Å². The van der Waals surface area contributed by atoms with E-state index in [-0.39, 0.29) is 5.56 Å². The predicted molar refractivity (Wildman–Crippen MR) is 105 cm³/mol. The van der Waals surface area contributed by atoms with Gasteiger partial charge in [-0.25, -0.2) is 13.2 Å². The molecule has 0 spiro atoms. The summed E-state index contributed by atoms with van der Waals surface area (Å²) in [6.45, 7) is 2.18. The van der Waals surface area contributed by atoms with Crippen LogP contribution in [0.1, 0.15) is 41.5 Å². The van der Waals surface area contributed by atoms with Gasteiger partial charge >= 0.3 is 0 Å². The third-order valence-corrected chi connectivity index (χ3v) is 5.29. The van der Waals surface area contributed by atoms with Crippen molar-refractivity contribution < 1.29 is 13.2 Å². The third kappa shape index (κ3) is 5.02. The summed E-state index contributed by atoms with van der Waals surface area (Å²) in [6, 6.07) is 12.1. The molecular formula is C23H19F3S. The molecular weight excluding hydrogens is 365 g/mol. The van der Waals surface area contributed by atoms with E-state index in [0.717, 1.165) is 23.4 Å². The largest absolute Gasteiger partial charge is 0.206 e. The van der Waals surface area contributed by atoms with Crippen molar-refractivity contribution in [2.75, 3.05) is 0 Å². The molecule has 0 aliphatic heterocycles. The lowest BCUT2D eigenvalue weighted by Gasteiger charge is -2.04. The molecule has 4 heteroatoms. The van der Waals surface area contributed by atoms with Gasteiger partial charge in [0.05, 0.1) is 10.4 Å². The fourth-order valence-corrected chi connectivity index (χ4v) is 3.63. The molecule has 0 aliphatic rings. The van der Waals surface area contributed by atoms with Gasteiger partial charge in [-0.3, -0.25) is 0 Å². The van der Waals surface area contributed by atoms with E-state index in [1.165, 1.54) is 36.3 Å².